The van der Waals surface area contributed by atoms with Crippen molar-refractivity contribution in [1.29, 1.82) is 0 Å². The van der Waals surface area contributed by atoms with E-state index in [1.807, 2.05) is 54.6 Å². The third-order valence-corrected chi connectivity index (χ3v) is 7.19. The molecule has 2 atom stereocenters. The highest BCUT2D eigenvalue weighted by Crippen LogP contribution is 2.31. The van der Waals surface area contributed by atoms with Gasteiger partial charge in [-0.2, -0.15) is 0 Å². The smallest absolute Gasteiger partial charge is 0.326 e. The Morgan fingerprint density at radius 3 is 2.36 bits per heavy atom. The summed E-state index contributed by atoms with van der Waals surface area (Å²) in [6.45, 7) is 0.230. The first-order valence-corrected chi connectivity index (χ1v) is 13.3. The number of carboxylic acid groups (broad SMARTS) is 1. The molecule has 0 unspecified atom stereocenters. The summed E-state index contributed by atoms with van der Waals surface area (Å²) in [5.74, 6) is -2.24. The standard InChI is InChI=1S/C29H34N4O6/c34-26(32-39)14-6-1-2-7-15-27(35)33-18-24-21(20-12-8-9-13-22(20)30-24)17-25(33)28(36)31-23(29(37)38)16-19-10-4-3-5-11-19/h3-5,8-13,23,25,30,39H,1-2,6-7,14-18H2,(H,31,36)(H,32,34)(H,37,38)/t23-,25+/m0/s1. The number of benzene rings is 2. The molecule has 1 aliphatic heterocycles. The number of hydrogen-bond acceptors (Lipinski definition) is 5. The number of nitrogens with zero attached hydrogens (tertiary/aromatic N) is 1. The van der Waals surface area contributed by atoms with Crippen molar-refractivity contribution in [2.24, 2.45) is 0 Å². The number of fused-ring (bicyclic) bond motifs is 3. The Morgan fingerprint density at radius 2 is 1.64 bits per heavy atom. The maximum atomic E-state index is 13.6. The molecule has 39 heavy (non-hydrogen) atoms. The van der Waals surface area contributed by atoms with E-state index >= 15 is 0 Å². The number of aliphatic carboxylic acids is 1. The number of unbranched alkanes of at least 4 members (excludes halogenated alkanes) is 3. The number of H-pyrrole nitrogens is 1. The van der Waals surface area contributed by atoms with Gasteiger partial charge in [0, 0.05) is 42.3 Å². The lowest BCUT2D eigenvalue weighted by Gasteiger charge is -2.35. The number of carboxylic acids is 1. The average Bonchev–Trinajstić information content (AvgIpc) is 3.31. The van der Waals surface area contributed by atoms with Gasteiger partial charge < -0.3 is 20.3 Å². The molecule has 0 spiro atoms. The number of carbonyl (C=O) groups excluding carboxylic acids is 3. The fourth-order valence-corrected chi connectivity index (χ4v) is 5.14. The quantitative estimate of drug-likeness (QED) is 0.137. The lowest BCUT2D eigenvalue weighted by atomic mass is 9.94. The van der Waals surface area contributed by atoms with Crippen LogP contribution in [-0.4, -0.2) is 56.0 Å². The van der Waals surface area contributed by atoms with Crippen molar-refractivity contribution in [3.05, 3.63) is 71.4 Å². The maximum Gasteiger partial charge on any atom is 0.326 e. The minimum Gasteiger partial charge on any atom is -0.480 e. The molecule has 1 aliphatic rings. The fourth-order valence-electron chi connectivity index (χ4n) is 5.14. The molecule has 4 rings (SSSR count). The third-order valence-electron chi connectivity index (χ3n) is 7.19. The van der Waals surface area contributed by atoms with E-state index in [0.29, 0.717) is 12.8 Å². The number of amides is 3. The average molecular weight is 535 g/mol. The van der Waals surface area contributed by atoms with Crippen LogP contribution in [0.25, 0.3) is 10.9 Å². The Hall–Kier alpha value is -4.18. The molecule has 10 heteroatoms. The summed E-state index contributed by atoms with van der Waals surface area (Å²) in [6.07, 6.45) is 3.52. The Morgan fingerprint density at radius 1 is 0.949 bits per heavy atom. The van der Waals surface area contributed by atoms with Gasteiger partial charge in [-0.25, -0.2) is 10.3 Å². The van der Waals surface area contributed by atoms with Crippen LogP contribution in [0.4, 0.5) is 0 Å². The number of carbonyl (C=O) groups is 4. The van der Waals surface area contributed by atoms with E-state index in [4.69, 9.17) is 5.21 Å². The molecule has 5 N–H and O–H groups in total. The van der Waals surface area contributed by atoms with Crippen LogP contribution in [0.2, 0.25) is 0 Å². The second kappa shape index (κ2) is 13.1. The first kappa shape index (κ1) is 27.8. The van der Waals surface area contributed by atoms with Crippen molar-refractivity contribution in [2.45, 2.75) is 70.0 Å². The van der Waals surface area contributed by atoms with Crippen molar-refractivity contribution >= 4 is 34.6 Å². The zero-order chi connectivity index (χ0) is 27.8. The Bertz CT molecular complexity index is 1320. The van der Waals surface area contributed by atoms with Gasteiger partial charge in [-0.05, 0) is 30.0 Å². The van der Waals surface area contributed by atoms with Crippen molar-refractivity contribution in [1.82, 2.24) is 20.7 Å². The summed E-state index contributed by atoms with van der Waals surface area (Å²) in [5.41, 5.74) is 5.16. The van der Waals surface area contributed by atoms with E-state index in [2.05, 4.69) is 10.3 Å². The van der Waals surface area contributed by atoms with Gasteiger partial charge in [0.2, 0.25) is 17.7 Å². The van der Waals surface area contributed by atoms with Crippen LogP contribution in [-0.2, 0) is 38.6 Å². The largest absolute Gasteiger partial charge is 0.480 e. The van der Waals surface area contributed by atoms with Crippen molar-refractivity contribution < 1.29 is 29.5 Å². The predicted molar refractivity (Wildman–Crippen MR) is 144 cm³/mol. The molecule has 0 fully saturated rings. The van der Waals surface area contributed by atoms with Crippen molar-refractivity contribution in [3.63, 3.8) is 0 Å². The third kappa shape index (κ3) is 7.02. The van der Waals surface area contributed by atoms with Gasteiger partial charge in [0.05, 0.1) is 6.54 Å². The van der Waals surface area contributed by atoms with Crippen LogP contribution in [0, 0.1) is 0 Å². The van der Waals surface area contributed by atoms with E-state index in [1.165, 1.54) is 0 Å². The summed E-state index contributed by atoms with van der Waals surface area (Å²) < 4.78 is 0. The SMILES string of the molecule is O=C(CCCCCCC(=O)N1Cc2[nH]c3ccccc3c2C[C@@H]1C(=O)N[C@@H](Cc1ccccc1)C(=O)O)NO. The number of rotatable bonds is 12. The van der Waals surface area contributed by atoms with E-state index in [0.717, 1.165) is 40.6 Å². The molecular formula is C29H34N4O6. The zero-order valence-corrected chi connectivity index (χ0v) is 21.7. The second-order valence-electron chi connectivity index (χ2n) is 9.91. The monoisotopic (exact) mass is 534 g/mol. The highest BCUT2D eigenvalue weighted by atomic mass is 16.5. The Kier molecular flexibility index (Phi) is 9.32. The lowest BCUT2D eigenvalue weighted by Crippen LogP contribution is -2.55. The van der Waals surface area contributed by atoms with Crippen molar-refractivity contribution in [3.8, 4) is 0 Å². The molecule has 10 nitrogen and oxygen atoms in total. The summed E-state index contributed by atoms with van der Waals surface area (Å²) in [7, 11) is 0. The van der Waals surface area contributed by atoms with Gasteiger partial charge in [0.25, 0.3) is 0 Å². The van der Waals surface area contributed by atoms with Crippen LogP contribution in [0.15, 0.2) is 54.6 Å². The number of aromatic amines is 1. The van der Waals surface area contributed by atoms with Gasteiger partial charge in [-0.15, -0.1) is 0 Å². The molecule has 3 amide bonds. The van der Waals surface area contributed by atoms with Crippen LogP contribution < -0.4 is 10.8 Å². The minimum atomic E-state index is -1.14. The van der Waals surface area contributed by atoms with Gasteiger partial charge in [0.15, 0.2) is 0 Å². The molecule has 0 aliphatic carbocycles. The topological polar surface area (TPSA) is 152 Å². The fraction of sp³-hybridized carbons (Fsp3) is 0.379. The second-order valence-corrected chi connectivity index (χ2v) is 9.91. The summed E-state index contributed by atoms with van der Waals surface area (Å²) in [6, 6.07) is 14.9. The first-order chi connectivity index (χ1) is 18.9. The molecule has 206 valence electrons. The molecule has 0 saturated heterocycles. The van der Waals surface area contributed by atoms with E-state index in [-0.39, 0.29) is 38.1 Å². The first-order valence-electron chi connectivity index (χ1n) is 13.3. The number of para-hydroxylation sites is 1. The molecule has 2 aromatic carbocycles. The molecule has 3 aromatic rings. The number of aromatic nitrogens is 1. The summed E-state index contributed by atoms with van der Waals surface area (Å²) in [4.78, 5) is 55.0. The van der Waals surface area contributed by atoms with Gasteiger partial charge >= 0.3 is 5.97 Å². The highest BCUT2D eigenvalue weighted by Gasteiger charge is 2.37. The zero-order valence-electron chi connectivity index (χ0n) is 21.7. The van der Waals surface area contributed by atoms with E-state index in [1.54, 1.807) is 10.4 Å². The van der Waals surface area contributed by atoms with Gasteiger partial charge in [-0.1, -0.05) is 61.4 Å². The van der Waals surface area contributed by atoms with E-state index in [9.17, 15) is 24.3 Å². The summed E-state index contributed by atoms with van der Waals surface area (Å²) in [5, 5.41) is 22.1. The van der Waals surface area contributed by atoms with Gasteiger partial charge in [0.1, 0.15) is 12.1 Å². The van der Waals surface area contributed by atoms with Crippen LogP contribution in [0.1, 0.15) is 55.3 Å². The molecule has 0 saturated carbocycles. The molecule has 0 bridgehead atoms. The number of nitrogens with one attached hydrogen (secondary N) is 3. The lowest BCUT2D eigenvalue weighted by molar-refractivity contribution is -0.145. The maximum absolute atomic E-state index is 13.6. The minimum absolute atomic E-state index is 0.134. The molecular weight excluding hydrogens is 500 g/mol. The van der Waals surface area contributed by atoms with Gasteiger partial charge in [-0.3, -0.25) is 19.6 Å². The highest BCUT2D eigenvalue weighted by molar-refractivity contribution is 5.93. The van der Waals surface area contributed by atoms with Crippen LogP contribution in [0.3, 0.4) is 0 Å². The molecule has 2 heterocycles. The molecule has 0 radical (unpaired) electrons. The Balaban J connectivity index is 1.48. The predicted octanol–water partition coefficient (Wildman–Crippen LogP) is 3.08. The van der Waals surface area contributed by atoms with Crippen LogP contribution >= 0.6 is 0 Å². The molecule has 1 aromatic heterocycles. The summed E-state index contributed by atoms with van der Waals surface area (Å²) >= 11 is 0. The van der Waals surface area contributed by atoms with Crippen molar-refractivity contribution in [2.75, 3.05) is 0 Å². The normalized spacial score (nSPS) is 15.4. The number of hydroxylamine groups is 1. The van der Waals surface area contributed by atoms with E-state index < -0.39 is 29.9 Å². The van der Waals surface area contributed by atoms with Crippen LogP contribution in [0.5, 0.6) is 0 Å². The Labute approximate surface area is 226 Å². The number of hydrogen-bond donors (Lipinski definition) is 5.